The van der Waals surface area contributed by atoms with Crippen LogP contribution in [0.15, 0.2) is 11.1 Å². The molecule has 1 fully saturated rings. The Bertz CT molecular complexity index is 556. The summed E-state index contributed by atoms with van der Waals surface area (Å²) in [6.07, 6.45) is 2.03. The number of hydrogen-bond donors (Lipinski definition) is 1. The van der Waals surface area contributed by atoms with Gasteiger partial charge in [0.05, 0.1) is 11.2 Å². The van der Waals surface area contributed by atoms with Crippen molar-refractivity contribution < 1.29 is 8.42 Å². The molecule has 1 saturated carbocycles. The standard InChI is InChI=1S/C11H20N4O2S/c1-8(2)15-9(11(5-6-11)14(3)4)7-10(13-15)18(12,16)17/h7-8H,5-6H2,1-4H3,(H2,12,16,17). The molecule has 102 valence electrons. The third kappa shape index (κ3) is 2.06. The first-order valence-corrected chi connectivity index (χ1v) is 7.53. The highest BCUT2D eigenvalue weighted by atomic mass is 32.2. The first-order chi connectivity index (χ1) is 8.18. The molecule has 0 amide bonds. The van der Waals surface area contributed by atoms with Gasteiger partial charge in [-0.25, -0.2) is 13.6 Å². The van der Waals surface area contributed by atoms with Crippen LogP contribution in [0.2, 0.25) is 0 Å². The van der Waals surface area contributed by atoms with Gasteiger partial charge in [0.15, 0.2) is 5.03 Å². The lowest BCUT2D eigenvalue weighted by Gasteiger charge is -2.25. The number of rotatable bonds is 4. The minimum atomic E-state index is -3.75. The van der Waals surface area contributed by atoms with Crippen LogP contribution in [0.3, 0.4) is 0 Å². The molecule has 2 N–H and O–H groups in total. The van der Waals surface area contributed by atoms with Crippen LogP contribution in [-0.4, -0.2) is 37.2 Å². The molecule has 1 aromatic rings. The van der Waals surface area contributed by atoms with Crippen molar-refractivity contribution in [2.75, 3.05) is 14.1 Å². The van der Waals surface area contributed by atoms with Gasteiger partial charge in [-0.15, -0.1) is 0 Å². The van der Waals surface area contributed by atoms with Gasteiger partial charge in [-0.05, 0) is 40.8 Å². The molecule has 2 rings (SSSR count). The second-order valence-electron chi connectivity index (χ2n) is 5.38. The van der Waals surface area contributed by atoms with Crippen molar-refractivity contribution in [1.29, 1.82) is 0 Å². The molecular formula is C11H20N4O2S. The molecule has 1 aliphatic carbocycles. The average molecular weight is 272 g/mol. The van der Waals surface area contributed by atoms with E-state index >= 15 is 0 Å². The fraction of sp³-hybridized carbons (Fsp3) is 0.727. The minimum Gasteiger partial charge on any atom is -0.298 e. The van der Waals surface area contributed by atoms with E-state index in [0.29, 0.717) is 0 Å². The fourth-order valence-electron chi connectivity index (χ4n) is 2.30. The summed E-state index contributed by atoms with van der Waals surface area (Å²) in [5.41, 5.74) is 0.853. The second-order valence-corrected chi connectivity index (χ2v) is 6.89. The lowest BCUT2D eigenvalue weighted by atomic mass is 10.1. The Morgan fingerprint density at radius 1 is 1.44 bits per heavy atom. The van der Waals surface area contributed by atoms with E-state index in [0.717, 1.165) is 18.5 Å². The monoisotopic (exact) mass is 272 g/mol. The summed E-state index contributed by atoms with van der Waals surface area (Å²) in [6, 6.07) is 1.72. The smallest absolute Gasteiger partial charge is 0.257 e. The van der Waals surface area contributed by atoms with Gasteiger partial charge in [0.2, 0.25) is 0 Å². The zero-order chi connectivity index (χ0) is 13.7. The van der Waals surface area contributed by atoms with Crippen LogP contribution in [0.1, 0.15) is 38.4 Å². The third-order valence-electron chi connectivity index (χ3n) is 3.55. The normalized spacial score (nSPS) is 18.6. The quantitative estimate of drug-likeness (QED) is 0.873. The number of nitrogens with zero attached hydrogens (tertiary/aromatic N) is 3. The molecule has 0 aliphatic heterocycles. The van der Waals surface area contributed by atoms with E-state index in [9.17, 15) is 8.42 Å². The van der Waals surface area contributed by atoms with Crippen molar-refractivity contribution in [3.8, 4) is 0 Å². The molecular weight excluding hydrogens is 252 g/mol. The van der Waals surface area contributed by atoms with Gasteiger partial charge < -0.3 is 0 Å². The van der Waals surface area contributed by atoms with Crippen LogP contribution in [0.5, 0.6) is 0 Å². The van der Waals surface area contributed by atoms with Crippen LogP contribution < -0.4 is 5.14 Å². The molecule has 0 bridgehead atoms. The van der Waals surface area contributed by atoms with Crippen LogP contribution in [0, 0.1) is 0 Å². The molecule has 1 aromatic heterocycles. The summed E-state index contributed by atoms with van der Waals surface area (Å²) in [5.74, 6) is 0. The maximum atomic E-state index is 11.4. The van der Waals surface area contributed by atoms with E-state index in [-0.39, 0.29) is 16.6 Å². The maximum absolute atomic E-state index is 11.4. The van der Waals surface area contributed by atoms with Crippen LogP contribution in [0.25, 0.3) is 0 Å². The molecule has 0 aromatic carbocycles. The summed E-state index contributed by atoms with van der Waals surface area (Å²) >= 11 is 0. The molecule has 18 heavy (non-hydrogen) atoms. The van der Waals surface area contributed by atoms with E-state index in [2.05, 4.69) is 10.00 Å². The molecule has 7 heteroatoms. The van der Waals surface area contributed by atoms with Crippen molar-refractivity contribution in [2.45, 2.75) is 43.3 Å². The molecule has 1 aliphatic rings. The van der Waals surface area contributed by atoms with Gasteiger partial charge in [-0.2, -0.15) is 5.10 Å². The van der Waals surface area contributed by atoms with E-state index in [1.807, 2.05) is 27.9 Å². The summed E-state index contributed by atoms with van der Waals surface area (Å²) in [5, 5.41) is 9.27. The van der Waals surface area contributed by atoms with E-state index in [1.165, 1.54) is 0 Å². The Kier molecular flexibility index (Phi) is 3.03. The summed E-state index contributed by atoms with van der Waals surface area (Å²) in [4.78, 5) is 2.12. The molecule has 0 atom stereocenters. The van der Waals surface area contributed by atoms with E-state index in [4.69, 9.17) is 5.14 Å². The number of primary sulfonamides is 1. The van der Waals surface area contributed by atoms with Gasteiger partial charge in [0.1, 0.15) is 0 Å². The SMILES string of the molecule is CC(C)n1nc(S(N)(=O)=O)cc1C1(N(C)C)CC1. The Balaban J connectivity index is 2.57. The third-order valence-corrected chi connectivity index (χ3v) is 4.33. The Morgan fingerprint density at radius 3 is 2.33 bits per heavy atom. The Morgan fingerprint density at radius 2 is 2.00 bits per heavy atom. The van der Waals surface area contributed by atoms with Crippen molar-refractivity contribution in [2.24, 2.45) is 5.14 Å². The number of sulfonamides is 1. The Hall–Kier alpha value is -0.920. The largest absolute Gasteiger partial charge is 0.298 e. The highest BCUT2D eigenvalue weighted by Crippen LogP contribution is 2.50. The lowest BCUT2D eigenvalue weighted by Crippen LogP contribution is -2.30. The van der Waals surface area contributed by atoms with Crippen molar-refractivity contribution in [3.63, 3.8) is 0 Å². The van der Waals surface area contributed by atoms with Crippen LogP contribution in [0.4, 0.5) is 0 Å². The predicted octanol–water partition coefficient (Wildman–Crippen LogP) is 0.662. The Labute approximate surface area is 108 Å². The van der Waals surface area contributed by atoms with Gasteiger partial charge in [0, 0.05) is 12.1 Å². The van der Waals surface area contributed by atoms with Gasteiger partial charge >= 0.3 is 0 Å². The molecule has 0 radical (unpaired) electrons. The van der Waals surface area contributed by atoms with Gasteiger partial charge in [-0.3, -0.25) is 9.58 Å². The molecule has 0 saturated heterocycles. The average Bonchev–Trinajstić information content (AvgIpc) is 2.89. The summed E-state index contributed by atoms with van der Waals surface area (Å²) < 4.78 is 24.6. The number of nitrogens with two attached hydrogens (primary N) is 1. The van der Waals surface area contributed by atoms with Gasteiger partial charge in [0.25, 0.3) is 10.0 Å². The molecule has 0 spiro atoms. The van der Waals surface area contributed by atoms with Crippen LogP contribution in [-0.2, 0) is 15.6 Å². The predicted molar refractivity (Wildman–Crippen MR) is 68.6 cm³/mol. The van der Waals surface area contributed by atoms with E-state index < -0.39 is 10.0 Å². The number of aromatic nitrogens is 2. The highest BCUT2D eigenvalue weighted by Gasteiger charge is 2.49. The van der Waals surface area contributed by atoms with Crippen LogP contribution >= 0.6 is 0 Å². The van der Waals surface area contributed by atoms with Crippen molar-refractivity contribution in [3.05, 3.63) is 11.8 Å². The fourth-order valence-corrected chi connectivity index (χ4v) is 2.78. The minimum absolute atomic E-state index is 0.0423. The molecule has 6 nitrogen and oxygen atoms in total. The van der Waals surface area contributed by atoms with Gasteiger partial charge in [-0.1, -0.05) is 0 Å². The summed E-state index contributed by atoms with van der Waals surface area (Å²) in [7, 11) is 0.256. The van der Waals surface area contributed by atoms with Crippen molar-refractivity contribution in [1.82, 2.24) is 14.7 Å². The first-order valence-electron chi connectivity index (χ1n) is 5.99. The second kappa shape index (κ2) is 4.04. The lowest BCUT2D eigenvalue weighted by molar-refractivity contribution is 0.254. The summed E-state index contributed by atoms with van der Waals surface area (Å²) in [6.45, 7) is 3.96. The molecule has 1 heterocycles. The highest BCUT2D eigenvalue weighted by molar-refractivity contribution is 7.89. The first kappa shape index (κ1) is 13.5. The topological polar surface area (TPSA) is 81.2 Å². The van der Waals surface area contributed by atoms with Crippen molar-refractivity contribution >= 4 is 10.0 Å². The zero-order valence-electron chi connectivity index (χ0n) is 11.2. The maximum Gasteiger partial charge on any atom is 0.257 e. The molecule has 0 unspecified atom stereocenters. The number of hydrogen-bond acceptors (Lipinski definition) is 4. The van der Waals surface area contributed by atoms with E-state index in [1.54, 1.807) is 10.7 Å². The zero-order valence-corrected chi connectivity index (χ0v) is 12.0.